The number of hydrogen-bond donors (Lipinski definition) is 4. The average Bonchev–Trinajstić information content (AvgIpc) is 3.09. The smallest absolute Gasteiger partial charge is 0.266 e. The lowest BCUT2D eigenvalue weighted by molar-refractivity contribution is -0.174. The van der Waals surface area contributed by atoms with Gasteiger partial charge in [-0.25, -0.2) is 0 Å². The van der Waals surface area contributed by atoms with E-state index in [9.17, 15) is 23.4 Å². The van der Waals surface area contributed by atoms with Crippen LogP contribution in [0.5, 0.6) is 0 Å². The van der Waals surface area contributed by atoms with Crippen LogP contribution >= 0.6 is 0 Å². The van der Waals surface area contributed by atoms with Crippen LogP contribution < -0.4 is 5.32 Å². The Hall–Kier alpha value is -0.700. The van der Waals surface area contributed by atoms with Crippen LogP contribution in [0.25, 0.3) is 0 Å². The minimum atomic E-state index is -4.06. The number of nitrogens with one attached hydrogen (secondary N) is 1. The van der Waals surface area contributed by atoms with Crippen molar-refractivity contribution in [3.05, 3.63) is 0 Å². The maximum atomic E-state index is 12.2. The molecule has 0 aliphatic heterocycles. The van der Waals surface area contributed by atoms with Gasteiger partial charge in [0.2, 0.25) is 5.91 Å². The first-order valence-electron chi connectivity index (χ1n) is 13.4. The van der Waals surface area contributed by atoms with E-state index >= 15 is 0 Å². The fourth-order valence-electron chi connectivity index (χ4n) is 9.14. The van der Waals surface area contributed by atoms with E-state index < -0.39 is 15.9 Å². The molecular weight excluding hydrogens is 454 g/mol. The lowest BCUT2D eigenvalue weighted by atomic mass is 9.43. The summed E-state index contributed by atoms with van der Waals surface area (Å²) in [5.74, 6) is 2.10. The first kappa shape index (κ1) is 26.4. The molecule has 4 rings (SSSR count). The molecule has 0 spiro atoms. The summed E-state index contributed by atoms with van der Waals surface area (Å²) in [4.78, 5) is 12.2. The van der Waals surface area contributed by atoms with Crippen LogP contribution in [0.1, 0.15) is 85.0 Å². The van der Waals surface area contributed by atoms with Crippen molar-refractivity contribution in [1.29, 1.82) is 0 Å². The minimum absolute atomic E-state index is 0.0625. The molecule has 0 radical (unpaired) electrons. The number of carbonyl (C=O) groups is 1. The summed E-state index contributed by atoms with van der Waals surface area (Å²) in [5, 5.41) is 24.2. The molecule has 0 saturated heterocycles. The molecular formula is C26H45NO6S. The Morgan fingerprint density at radius 2 is 1.71 bits per heavy atom. The third kappa shape index (κ3) is 4.94. The molecule has 1 amide bonds. The number of hydrogen-bond acceptors (Lipinski definition) is 5. The van der Waals surface area contributed by atoms with E-state index in [0.717, 1.165) is 51.4 Å². The Bertz CT molecular complexity index is 863. The normalized spacial score (nSPS) is 45.1. The number of fused-ring (bicyclic) bond motifs is 5. The first-order valence-corrected chi connectivity index (χ1v) is 15.0. The molecule has 8 heteroatoms. The summed E-state index contributed by atoms with van der Waals surface area (Å²) in [7, 11) is -4.06. The van der Waals surface area contributed by atoms with E-state index in [1.54, 1.807) is 0 Å². The number of carbonyl (C=O) groups excluding carboxylic acids is 1. The van der Waals surface area contributed by atoms with Crippen molar-refractivity contribution in [2.24, 2.45) is 46.3 Å². The van der Waals surface area contributed by atoms with E-state index in [4.69, 9.17) is 4.55 Å². The van der Waals surface area contributed by atoms with Crippen molar-refractivity contribution in [2.45, 2.75) is 97.2 Å². The van der Waals surface area contributed by atoms with E-state index in [-0.39, 0.29) is 35.5 Å². The quantitative estimate of drug-likeness (QED) is 0.398. The molecule has 0 heterocycles. The second-order valence-electron chi connectivity index (χ2n) is 12.6. The zero-order valence-corrected chi connectivity index (χ0v) is 21.9. The van der Waals surface area contributed by atoms with Gasteiger partial charge in [0.25, 0.3) is 10.1 Å². The van der Waals surface area contributed by atoms with Gasteiger partial charge in [-0.15, -0.1) is 0 Å². The predicted octanol–water partition coefficient (Wildman–Crippen LogP) is 3.40. The summed E-state index contributed by atoms with van der Waals surface area (Å²) in [5.41, 5.74) is 0.411. The molecule has 7 nitrogen and oxygen atoms in total. The second kappa shape index (κ2) is 9.64. The van der Waals surface area contributed by atoms with Gasteiger partial charge < -0.3 is 15.5 Å². The molecule has 0 aromatic heterocycles. The van der Waals surface area contributed by atoms with E-state index in [0.29, 0.717) is 41.9 Å². The third-order valence-corrected chi connectivity index (χ3v) is 11.6. The summed E-state index contributed by atoms with van der Waals surface area (Å²) < 4.78 is 30.5. The van der Waals surface area contributed by atoms with Gasteiger partial charge in [-0.05, 0) is 104 Å². The number of amides is 1. The van der Waals surface area contributed by atoms with Crippen molar-refractivity contribution < 1.29 is 28.0 Å². The molecule has 0 aromatic carbocycles. The Kier molecular flexibility index (Phi) is 7.47. The Balaban J connectivity index is 1.39. The fourth-order valence-corrected chi connectivity index (χ4v) is 9.50. The zero-order valence-electron chi connectivity index (χ0n) is 21.1. The van der Waals surface area contributed by atoms with Gasteiger partial charge in [-0.2, -0.15) is 8.42 Å². The van der Waals surface area contributed by atoms with Gasteiger partial charge >= 0.3 is 0 Å². The predicted molar refractivity (Wildman–Crippen MR) is 130 cm³/mol. The van der Waals surface area contributed by atoms with Crippen molar-refractivity contribution in [3.8, 4) is 0 Å². The van der Waals surface area contributed by atoms with Crippen LogP contribution in [0.2, 0.25) is 0 Å². The van der Waals surface area contributed by atoms with Crippen molar-refractivity contribution in [2.75, 3.05) is 12.3 Å². The van der Waals surface area contributed by atoms with Crippen LogP contribution in [0, 0.1) is 46.3 Å². The SMILES string of the molecule is C[C@H](CCC(=O)NCCS(=O)(=O)O)[C@H]1CC[C@H]2[C@H]3[C@H](O)C[C@@H]4C[C@H](O)CC[C@]4(C)[C@H]3CC[C@]12C. The number of aliphatic hydroxyl groups is 2. The van der Waals surface area contributed by atoms with Crippen molar-refractivity contribution in [1.82, 2.24) is 5.32 Å². The fraction of sp³-hybridized carbons (Fsp3) is 0.962. The molecule has 0 aromatic rings. The molecule has 4 aliphatic rings. The van der Waals surface area contributed by atoms with Gasteiger partial charge in [0.1, 0.15) is 0 Å². The van der Waals surface area contributed by atoms with E-state index in [1.807, 2.05) is 0 Å². The highest BCUT2D eigenvalue weighted by atomic mass is 32.2. The van der Waals surface area contributed by atoms with Crippen molar-refractivity contribution in [3.63, 3.8) is 0 Å². The van der Waals surface area contributed by atoms with Gasteiger partial charge in [0.15, 0.2) is 0 Å². The molecule has 4 fully saturated rings. The highest BCUT2D eigenvalue weighted by Crippen LogP contribution is 2.68. The van der Waals surface area contributed by atoms with E-state index in [2.05, 4.69) is 26.1 Å². The van der Waals surface area contributed by atoms with Gasteiger partial charge in [-0.1, -0.05) is 20.8 Å². The Morgan fingerprint density at radius 3 is 2.41 bits per heavy atom. The number of aliphatic hydroxyl groups excluding tert-OH is 2. The van der Waals surface area contributed by atoms with Crippen LogP contribution in [0.4, 0.5) is 0 Å². The maximum absolute atomic E-state index is 12.2. The lowest BCUT2D eigenvalue weighted by Crippen LogP contribution is -2.58. The topological polar surface area (TPSA) is 124 Å². The largest absolute Gasteiger partial charge is 0.393 e. The summed E-state index contributed by atoms with van der Waals surface area (Å²) in [6, 6.07) is 0. The molecule has 4 aliphatic carbocycles. The third-order valence-electron chi connectivity index (χ3n) is 10.9. The lowest BCUT2D eigenvalue weighted by Gasteiger charge is -2.62. The standard InChI is InChI=1S/C26H45NO6S/c1-16(4-7-23(30)27-12-13-34(31,32)33)19-5-6-20-24-21(9-11-26(19,20)3)25(2)10-8-18(28)14-17(25)15-22(24)29/h16-22,24,28-29H,4-15H2,1-3H3,(H,27,30)(H,31,32,33)/t16-,17+,18-,19-,20+,21+,22-,24-,25+,26-/m1/s1. The minimum Gasteiger partial charge on any atom is -0.393 e. The summed E-state index contributed by atoms with van der Waals surface area (Å²) in [6.07, 6.45) is 8.87. The molecule has 4 N–H and O–H groups in total. The molecule has 4 saturated carbocycles. The van der Waals surface area contributed by atoms with Gasteiger partial charge in [0.05, 0.1) is 18.0 Å². The van der Waals surface area contributed by atoms with Gasteiger partial charge in [-0.3, -0.25) is 9.35 Å². The molecule has 196 valence electrons. The van der Waals surface area contributed by atoms with Gasteiger partial charge in [0, 0.05) is 13.0 Å². The molecule has 0 bridgehead atoms. The maximum Gasteiger partial charge on any atom is 0.266 e. The van der Waals surface area contributed by atoms with Crippen molar-refractivity contribution >= 4 is 16.0 Å². The molecule has 10 atom stereocenters. The zero-order chi connectivity index (χ0) is 24.9. The van der Waals surface area contributed by atoms with E-state index in [1.165, 1.54) is 6.42 Å². The first-order chi connectivity index (χ1) is 15.8. The molecule has 34 heavy (non-hydrogen) atoms. The van der Waals surface area contributed by atoms with Crippen LogP contribution in [0.15, 0.2) is 0 Å². The highest BCUT2D eigenvalue weighted by Gasteiger charge is 2.62. The highest BCUT2D eigenvalue weighted by molar-refractivity contribution is 7.85. The second-order valence-corrected chi connectivity index (χ2v) is 14.2. The van der Waals surface area contributed by atoms with Crippen LogP contribution in [-0.4, -0.2) is 53.6 Å². The average molecular weight is 500 g/mol. The van der Waals surface area contributed by atoms with Crippen LogP contribution in [-0.2, 0) is 14.9 Å². The Morgan fingerprint density at radius 1 is 1.03 bits per heavy atom. The summed E-state index contributed by atoms with van der Waals surface area (Å²) in [6.45, 7) is 7.05. The Labute approximate surface area is 205 Å². The monoisotopic (exact) mass is 499 g/mol. The summed E-state index contributed by atoms with van der Waals surface area (Å²) >= 11 is 0. The molecule has 0 unspecified atom stereocenters. The number of rotatable bonds is 7. The van der Waals surface area contributed by atoms with Crippen LogP contribution in [0.3, 0.4) is 0 Å².